The van der Waals surface area contributed by atoms with Crippen molar-refractivity contribution in [3.8, 4) is 10.7 Å². The lowest BCUT2D eigenvalue weighted by Gasteiger charge is -2.04. The summed E-state index contributed by atoms with van der Waals surface area (Å²) < 4.78 is 31.0. The number of nitrogens with zero attached hydrogens (tertiary/aromatic N) is 4. The first-order chi connectivity index (χ1) is 11.5. The van der Waals surface area contributed by atoms with Crippen molar-refractivity contribution in [3.05, 3.63) is 47.7 Å². The Balaban J connectivity index is 1.79. The number of rotatable bonds is 4. The first kappa shape index (κ1) is 15.0. The first-order valence-electron chi connectivity index (χ1n) is 7.04. The number of benzene rings is 1. The zero-order valence-electron chi connectivity index (χ0n) is 12.6. The third kappa shape index (κ3) is 2.61. The molecule has 7 nitrogen and oxygen atoms in total. The van der Waals surface area contributed by atoms with Gasteiger partial charge in [-0.15, -0.1) is 11.3 Å². The summed E-state index contributed by atoms with van der Waals surface area (Å²) in [5.41, 5.74) is 1.31. The van der Waals surface area contributed by atoms with Gasteiger partial charge in [-0.05, 0) is 23.6 Å². The summed E-state index contributed by atoms with van der Waals surface area (Å²) in [5, 5.41) is 5.87. The van der Waals surface area contributed by atoms with Crippen LogP contribution in [-0.4, -0.2) is 34.4 Å². The highest BCUT2D eigenvalue weighted by Gasteiger charge is 2.21. The van der Waals surface area contributed by atoms with E-state index in [1.807, 2.05) is 35.7 Å². The molecule has 1 aromatic carbocycles. The van der Waals surface area contributed by atoms with Gasteiger partial charge in [0.15, 0.2) is 0 Å². The zero-order valence-corrected chi connectivity index (χ0v) is 14.2. The van der Waals surface area contributed by atoms with Crippen LogP contribution in [0.3, 0.4) is 0 Å². The molecule has 0 N–H and O–H groups in total. The van der Waals surface area contributed by atoms with Crippen molar-refractivity contribution in [1.82, 2.24) is 19.7 Å². The molecule has 0 fully saturated rings. The highest BCUT2D eigenvalue weighted by molar-refractivity contribution is 7.90. The van der Waals surface area contributed by atoms with Gasteiger partial charge in [-0.3, -0.25) is 0 Å². The smallest absolute Gasteiger partial charge is 0.247 e. The Labute approximate surface area is 141 Å². The fourth-order valence-electron chi connectivity index (χ4n) is 2.45. The van der Waals surface area contributed by atoms with E-state index in [2.05, 4.69) is 15.1 Å². The third-order valence-electron chi connectivity index (χ3n) is 3.45. The molecule has 4 rings (SSSR count). The Hall–Kier alpha value is -2.52. The molecule has 9 heteroatoms. The van der Waals surface area contributed by atoms with Crippen LogP contribution in [0.2, 0.25) is 0 Å². The maximum atomic E-state index is 12.1. The molecular weight excluding hydrogens is 348 g/mol. The summed E-state index contributed by atoms with van der Waals surface area (Å²) in [6, 6.07) is 11.0. The average Bonchev–Trinajstić information content (AvgIpc) is 3.26. The second-order valence-corrected chi connectivity index (χ2v) is 8.09. The second-order valence-electron chi connectivity index (χ2n) is 5.23. The monoisotopic (exact) mass is 360 g/mol. The van der Waals surface area contributed by atoms with Crippen molar-refractivity contribution in [2.24, 2.45) is 0 Å². The van der Waals surface area contributed by atoms with Gasteiger partial charge in [0.25, 0.3) is 0 Å². The van der Waals surface area contributed by atoms with E-state index < -0.39 is 9.84 Å². The Morgan fingerprint density at radius 3 is 2.75 bits per heavy atom. The van der Waals surface area contributed by atoms with Gasteiger partial charge >= 0.3 is 0 Å². The van der Waals surface area contributed by atoms with Gasteiger partial charge in [-0.2, -0.15) is 4.98 Å². The lowest BCUT2D eigenvalue weighted by molar-refractivity contribution is 0.369. The minimum Gasteiger partial charge on any atom is -0.337 e. The molecule has 0 unspecified atom stereocenters. The minimum atomic E-state index is -3.49. The van der Waals surface area contributed by atoms with E-state index in [-0.39, 0.29) is 11.7 Å². The first-order valence-corrected chi connectivity index (χ1v) is 9.81. The molecule has 4 aromatic rings. The van der Waals surface area contributed by atoms with Gasteiger partial charge in [-0.25, -0.2) is 13.4 Å². The van der Waals surface area contributed by atoms with E-state index in [4.69, 9.17) is 4.52 Å². The number of imidazole rings is 1. The van der Waals surface area contributed by atoms with Crippen molar-refractivity contribution < 1.29 is 12.9 Å². The van der Waals surface area contributed by atoms with E-state index in [9.17, 15) is 8.42 Å². The summed E-state index contributed by atoms with van der Waals surface area (Å²) in [7, 11) is -3.49. The molecule has 0 saturated heterocycles. The highest BCUT2D eigenvalue weighted by Crippen LogP contribution is 2.24. The molecule has 0 radical (unpaired) electrons. The van der Waals surface area contributed by atoms with Crippen LogP contribution in [-0.2, 0) is 16.4 Å². The van der Waals surface area contributed by atoms with Crippen LogP contribution in [0.5, 0.6) is 0 Å². The topological polar surface area (TPSA) is 90.9 Å². The molecule has 0 saturated carbocycles. The maximum Gasteiger partial charge on any atom is 0.247 e. The quantitative estimate of drug-likeness (QED) is 0.555. The van der Waals surface area contributed by atoms with Crippen molar-refractivity contribution in [1.29, 1.82) is 0 Å². The standard InChI is InChI=1S/C15H12N4O3S2/c1-24(20,21)15-16-10-5-2-3-6-11(10)19(15)9-13-17-14(18-22-13)12-7-4-8-23-12/h2-8H,9H2,1H3. The fourth-order valence-corrected chi connectivity index (χ4v) is 3.93. The van der Waals surface area contributed by atoms with Gasteiger partial charge in [0.2, 0.25) is 26.7 Å². The van der Waals surface area contributed by atoms with Crippen LogP contribution in [0.4, 0.5) is 0 Å². The van der Waals surface area contributed by atoms with Crippen LogP contribution in [0.25, 0.3) is 21.7 Å². The molecule has 0 amide bonds. The number of thiophene rings is 1. The molecular formula is C15H12N4O3S2. The van der Waals surface area contributed by atoms with E-state index in [1.165, 1.54) is 11.3 Å². The predicted octanol–water partition coefficient (Wildman–Crippen LogP) is 2.60. The number of aromatic nitrogens is 4. The highest BCUT2D eigenvalue weighted by atomic mass is 32.2. The van der Waals surface area contributed by atoms with Crippen molar-refractivity contribution in [3.63, 3.8) is 0 Å². The molecule has 0 aliphatic carbocycles. The minimum absolute atomic E-state index is 0.0143. The maximum absolute atomic E-state index is 12.1. The van der Waals surface area contributed by atoms with Crippen LogP contribution < -0.4 is 0 Å². The molecule has 122 valence electrons. The molecule has 3 aromatic heterocycles. The molecule has 0 spiro atoms. The van der Waals surface area contributed by atoms with E-state index in [1.54, 1.807) is 10.6 Å². The van der Waals surface area contributed by atoms with Crippen molar-refractivity contribution >= 4 is 32.2 Å². The SMILES string of the molecule is CS(=O)(=O)c1nc2ccccc2n1Cc1nc(-c2cccs2)no1. The fraction of sp³-hybridized carbons (Fsp3) is 0.133. The van der Waals surface area contributed by atoms with Crippen LogP contribution >= 0.6 is 11.3 Å². The summed E-state index contributed by atoms with van der Waals surface area (Å²) in [5.74, 6) is 0.816. The van der Waals surface area contributed by atoms with Gasteiger partial charge in [-0.1, -0.05) is 23.4 Å². The van der Waals surface area contributed by atoms with Gasteiger partial charge in [0, 0.05) is 6.26 Å². The van der Waals surface area contributed by atoms with Gasteiger partial charge in [0.1, 0.15) is 6.54 Å². The Kier molecular flexibility index (Phi) is 3.47. The summed E-state index contributed by atoms with van der Waals surface area (Å²) >= 11 is 1.51. The van der Waals surface area contributed by atoms with Crippen molar-refractivity contribution in [2.45, 2.75) is 11.7 Å². The largest absolute Gasteiger partial charge is 0.337 e. The predicted molar refractivity (Wildman–Crippen MR) is 89.6 cm³/mol. The van der Waals surface area contributed by atoms with E-state index in [0.717, 1.165) is 11.1 Å². The van der Waals surface area contributed by atoms with Crippen LogP contribution in [0.1, 0.15) is 5.89 Å². The Bertz CT molecular complexity index is 1110. The van der Waals surface area contributed by atoms with Gasteiger partial charge in [0.05, 0.1) is 15.9 Å². The van der Waals surface area contributed by atoms with Crippen LogP contribution in [0.15, 0.2) is 51.5 Å². The number of fused-ring (bicyclic) bond motifs is 1. The summed E-state index contributed by atoms with van der Waals surface area (Å²) in [4.78, 5) is 9.46. The summed E-state index contributed by atoms with van der Waals surface area (Å²) in [6.45, 7) is 0.140. The normalized spacial score (nSPS) is 12.0. The number of para-hydroxylation sites is 2. The Morgan fingerprint density at radius 2 is 2.00 bits per heavy atom. The Morgan fingerprint density at radius 1 is 1.17 bits per heavy atom. The third-order valence-corrected chi connectivity index (χ3v) is 5.29. The molecule has 0 atom stereocenters. The van der Waals surface area contributed by atoms with E-state index in [0.29, 0.717) is 22.7 Å². The van der Waals surface area contributed by atoms with Crippen molar-refractivity contribution in [2.75, 3.05) is 6.26 Å². The molecule has 0 aliphatic heterocycles. The molecule has 24 heavy (non-hydrogen) atoms. The van der Waals surface area contributed by atoms with Crippen LogP contribution in [0, 0.1) is 0 Å². The zero-order chi connectivity index (χ0) is 16.7. The number of hydrogen-bond acceptors (Lipinski definition) is 7. The average molecular weight is 360 g/mol. The lowest BCUT2D eigenvalue weighted by atomic mass is 10.3. The second kappa shape index (κ2) is 5.53. The summed E-state index contributed by atoms with van der Waals surface area (Å²) in [6.07, 6.45) is 1.13. The lowest BCUT2D eigenvalue weighted by Crippen LogP contribution is -2.10. The molecule has 0 aliphatic rings. The molecule has 0 bridgehead atoms. The molecule has 3 heterocycles. The van der Waals surface area contributed by atoms with E-state index >= 15 is 0 Å². The number of hydrogen-bond donors (Lipinski definition) is 0. The van der Waals surface area contributed by atoms with Gasteiger partial charge < -0.3 is 9.09 Å². The number of sulfone groups is 1.